The third-order valence-electron chi connectivity index (χ3n) is 4.27. The summed E-state index contributed by atoms with van der Waals surface area (Å²) in [5, 5.41) is 19.0. The van der Waals surface area contributed by atoms with Crippen molar-refractivity contribution in [1.29, 1.82) is 0 Å². The number of benzene rings is 1. The molecule has 1 heterocycles. The van der Waals surface area contributed by atoms with Crippen LogP contribution < -0.4 is 5.32 Å². The lowest BCUT2D eigenvalue weighted by atomic mass is 10.1. The van der Waals surface area contributed by atoms with Crippen LogP contribution >= 0.6 is 0 Å². The molecule has 0 amide bonds. The first-order chi connectivity index (χ1) is 9.78. The van der Waals surface area contributed by atoms with E-state index in [-0.39, 0.29) is 6.10 Å². The number of nitrogens with one attached hydrogen (secondary N) is 1. The maximum absolute atomic E-state index is 9.55. The highest BCUT2D eigenvalue weighted by Gasteiger charge is 2.22. The van der Waals surface area contributed by atoms with Crippen LogP contribution in [0, 0.1) is 5.92 Å². The molecule has 1 aromatic heterocycles. The maximum atomic E-state index is 9.55. The predicted octanol–water partition coefficient (Wildman–Crippen LogP) is 2.31. The number of fused-ring (bicyclic) bond motifs is 1. The molecule has 1 fully saturated rings. The third-order valence-corrected chi connectivity index (χ3v) is 4.27. The minimum absolute atomic E-state index is 0.0815. The van der Waals surface area contributed by atoms with E-state index in [1.807, 2.05) is 0 Å². The molecule has 0 aliphatic heterocycles. The number of rotatable bonds is 5. The second-order valence-corrected chi connectivity index (χ2v) is 5.74. The van der Waals surface area contributed by atoms with Crippen molar-refractivity contribution in [1.82, 2.24) is 15.1 Å². The van der Waals surface area contributed by atoms with E-state index in [9.17, 15) is 5.11 Å². The van der Waals surface area contributed by atoms with Crippen LogP contribution in [-0.2, 0) is 13.1 Å². The Bertz CT molecular complexity index is 578. The molecule has 3 rings (SSSR count). The van der Waals surface area contributed by atoms with E-state index in [0.717, 1.165) is 44.6 Å². The van der Waals surface area contributed by atoms with E-state index in [4.69, 9.17) is 5.10 Å². The fourth-order valence-corrected chi connectivity index (χ4v) is 3.20. The van der Waals surface area contributed by atoms with E-state index in [1.165, 1.54) is 10.9 Å². The molecule has 4 heteroatoms. The first-order valence-corrected chi connectivity index (χ1v) is 7.61. The Hall–Kier alpha value is -1.39. The number of para-hydroxylation sites is 1. The zero-order valence-electron chi connectivity index (χ0n) is 12.0. The molecule has 0 bridgehead atoms. The molecular weight excluding hydrogens is 250 g/mol. The molecule has 108 valence electrons. The highest BCUT2D eigenvalue weighted by atomic mass is 16.3. The van der Waals surface area contributed by atoms with Gasteiger partial charge in [-0.3, -0.25) is 4.68 Å². The fraction of sp³-hybridized carbons (Fsp3) is 0.562. The number of aliphatic hydroxyl groups is 1. The Balaban J connectivity index is 1.65. The maximum Gasteiger partial charge on any atom is 0.0841 e. The summed E-state index contributed by atoms with van der Waals surface area (Å²) in [4.78, 5) is 0. The summed E-state index contributed by atoms with van der Waals surface area (Å²) >= 11 is 0. The van der Waals surface area contributed by atoms with Crippen LogP contribution in [0.4, 0.5) is 0 Å². The van der Waals surface area contributed by atoms with Gasteiger partial charge in [-0.15, -0.1) is 0 Å². The molecule has 2 unspecified atom stereocenters. The molecule has 20 heavy (non-hydrogen) atoms. The summed E-state index contributed by atoms with van der Waals surface area (Å²) in [6, 6.07) is 8.40. The quantitative estimate of drug-likeness (QED) is 0.879. The second-order valence-electron chi connectivity index (χ2n) is 5.74. The van der Waals surface area contributed by atoms with E-state index < -0.39 is 0 Å². The van der Waals surface area contributed by atoms with Gasteiger partial charge in [0.15, 0.2) is 0 Å². The van der Waals surface area contributed by atoms with Crippen LogP contribution in [0.15, 0.2) is 24.3 Å². The minimum atomic E-state index is -0.0815. The average molecular weight is 273 g/mol. The summed E-state index contributed by atoms with van der Waals surface area (Å²) < 4.78 is 2.06. The molecule has 1 saturated carbocycles. The molecule has 1 aliphatic rings. The van der Waals surface area contributed by atoms with Crippen molar-refractivity contribution in [3.63, 3.8) is 0 Å². The van der Waals surface area contributed by atoms with Gasteiger partial charge in [0.1, 0.15) is 0 Å². The van der Waals surface area contributed by atoms with Crippen LogP contribution in [0.3, 0.4) is 0 Å². The van der Waals surface area contributed by atoms with Crippen molar-refractivity contribution < 1.29 is 5.11 Å². The number of aromatic nitrogens is 2. The zero-order valence-corrected chi connectivity index (χ0v) is 12.0. The summed E-state index contributed by atoms with van der Waals surface area (Å²) in [6.45, 7) is 4.80. The number of hydrogen-bond acceptors (Lipinski definition) is 3. The van der Waals surface area contributed by atoms with E-state index in [0.29, 0.717) is 5.92 Å². The third kappa shape index (κ3) is 2.72. The van der Waals surface area contributed by atoms with Crippen LogP contribution in [-0.4, -0.2) is 27.5 Å². The second kappa shape index (κ2) is 5.94. The highest BCUT2D eigenvalue weighted by Crippen LogP contribution is 2.25. The van der Waals surface area contributed by atoms with Crippen LogP contribution in [0.2, 0.25) is 0 Å². The lowest BCUT2D eigenvalue weighted by molar-refractivity contribution is 0.177. The summed E-state index contributed by atoms with van der Waals surface area (Å²) in [6.07, 6.45) is 2.96. The molecule has 2 aromatic rings. The molecule has 0 spiro atoms. The van der Waals surface area contributed by atoms with E-state index in [2.05, 4.69) is 41.2 Å². The minimum Gasteiger partial charge on any atom is -0.393 e. The van der Waals surface area contributed by atoms with Gasteiger partial charge in [-0.1, -0.05) is 18.2 Å². The smallest absolute Gasteiger partial charge is 0.0841 e. The first-order valence-electron chi connectivity index (χ1n) is 7.61. The van der Waals surface area contributed by atoms with Crippen molar-refractivity contribution in [2.24, 2.45) is 5.92 Å². The number of nitrogens with zero attached hydrogens (tertiary/aromatic N) is 2. The average Bonchev–Trinajstić information content (AvgIpc) is 3.03. The largest absolute Gasteiger partial charge is 0.393 e. The van der Waals surface area contributed by atoms with Crippen LogP contribution in [0.1, 0.15) is 31.9 Å². The first kappa shape index (κ1) is 13.6. The number of aliphatic hydroxyl groups excluding tert-OH is 1. The van der Waals surface area contributed by atoms with Gasteiger partial charge in [-0.25, -0.2) is 0 Å². The Kier molecular flexibility index (Phi) is 4.03. The van der Waals surface area contributed by atoms with Gasteiger partial charge >= 0.3 is 0 Å². The van der Waals surface area contributed by atoms with E-state index in [1.54, 1.807) is 0 Å². The number of hydrogen-bond donors (Lipinski definition) is 2. The van der Waals surface area contributed by atoms with Gasteiger partial charge < -0.3 is 10.4 Å². The monoisotopic (exact) mass is 273 g/mol. The van der Waals surface area contributed by atoms with Gasteiger partial charge in [0.2, 0.25) is 0 Å². The summed E-state index contributed by atoms with van der Waals surface area (Å²) in [7, 11) is 0. The van der Waals surface area contributed by atoms with E-state index >= 15 is 0 Å². The predicted molar refractivity (Wildman–Crippen MR) is 80.5 cm³/mol. The Labute approximate surface area is 119 Å². The highest BCUT2D eigenvalue weighted by molar-refractivity contribution is 5.81. The van der Waals surface area contributed by atoms with Gasteiger partial charge in [0.25, 0.3) is 0 Å². The van der Waals surface area contributed by atoms with Crippen molar-refractivity contribution >= 4 is 10.9 Å². The standard InChI is InChI=1S/C16H23N3O/c1-2-19-16-6-4-3-5-14(16)15(18-19)11-17-10-12-7-8-13(20)9-12/h3-6,12-13,17,20H,2,7-11H2,1H3. The van der Waals surface area contributed by atoms with Gasteiger partial charge in [0.05, 0.1) is 17.3 Å². The van der Waals surface area contributed by atoms with Gasteiger partial charge in [-0.2, -0.15) is 5.10 Å². The zero-order chi connectivity index (χ0) is 13.9. The van der Waals surface area contributed by atoms with Gasteiger partial charge in [0, 0.05) is 18.5 Å². The topological polar surface area (TPSA) is 50.1 Å². The Morgan fingerprint density at radius 3 is 2.95 bits per heavy atom. The lowest BCUT2D eigenvalue weighted by Crippen LogP contribution is -2.21. The lowest BCUT2D eigenvalue weighted by Gasteiger charge is -2.09. The van der Waals surface area contributed by atoms with Crippen molar-refractivity contribution in [2.75, 3.05) is 6.54 Å². The Morgan fingerprint density at radius 1 is 1.35 bits per heavy atom. The van der Waals surface area contributed by atoms with Crippen molar-refractivity contribution in [3.8, 4) is 0 Å². The molecule has 0 radical (unpaired) electrons. The van der Waals surface area contributed by atoms with Crippen molar-refractivity contribution in [3.05, 3.63) is 30.0 Å². The normalized spacial score (nSPS) is 22.7. The molecule has 1 aliphatic carbocycles. The molecule has 4 nitrogen and oxygen atoms in total. The van der Waals surface area contributed by atoms with Crippen LogP contribution in [0.25, 0.3) is 10.9 Å². The molecule has 0 saturated heterocycles. The molecule has 1 aromatic carbocycles. The van der Waals surface area contributed by atoms with Crippen molar-refractivity contribution in [2.45, 2.75) is 45.4 Å². The fourth-order valence-electron chi connectivity index (χ4n) is 3.20. The molecular formula is C16H23N3O. The van der Waals surface area contributed by atoms with Crippen LogP contribution in [0.5, 0.6) is 0 Å². The molecule has 2 atom stereocenters. The summed E-state index contributed by atoms with van der Waals surface area (Å²) in [5.74, 6) is 0.615. The SMILES string of the molecule is CCn1nc(CNCC2CCC(O)C2)c2ccccc21. The van der Waals surface area contributed by atoms with Gasteiger partial charge in [-0.05, 0) is 44.7 Å². The summed E-state index contributed by atoms with van der Waals surface area (Å²) in [5.41, 5.74) is 2.34. The number of aryl methyl sites for hydroxylation is 1. The molecule has 2 N–H and O–H groups in total. The Morgan fingerprint density at radius 2 is 2.20 bits per heavy atom.